The zero-order valence-electron chi connectivity index (χ0n) is 14.9. The molecule has 0 aromatic rings. The summed E-state index contributed by atoms with van der Waals surface area (Å²) in [5, 5.41) is 10.8. The van der Waals surface area contributed by atoms with E-state index in [4.69, 9.17) is 5.11 Å². The molecule has 0 fully saturated rings. The third-order valence-corrected chi connectivity index (χ3v) is 4.10. The number of rotatable bonds is 11. The number of aliphatic hydroxyl groups excluding tert-OH is 1. The van der Waals surface area contributed by atoms with Crippen molar-refractivity contribution in [3.63, 3.8) is 0 Å². The van der Waals surface area contributed by atoms with Crippen LogP contribution in [-0.2, 0) is 10.1 Å². The van der Waals surface area contributed by atoms with Crippen molar-refractivity contribution in [1.82, 2.24) is 5.32 Å². The van der Waals surface area contributed by atoms with E-state index in [-0.39, 0.29) is 51.4 Å². The first-order valence-electron chi connectivity index (χ1n) is 7.13. The summed E-state index contributed by atoms with van der Waals surface area (Å²) in [5.41, 5.74) is 0. The van der Waals surface area contributed by atoms with E-state index in [1.807, 2.05) is 0 Å². The quantitative estimate of drug-likeness (QED) is 0.162. The fraction of sp³-hybridized carbons (Fsp3) is 1.00. The van der Waals surface area contributed by atoms with Crippen molar-refractivity contribution in [2.24, 2.45) is 0 Å². The summed E-state index contributed by atoms with van der Waals surface area (Å²) in [5.74, 6) is -39.0. The van der Waals surface area contributed by atoms with Crippen molar-refractivity contribution in [3.05, 3.63) is 0 Å². The standard InChI is InChI=1S/C11H12F13NO4S.K/c12-6(13,3-5(26)4-25-1-2-30(27,28)29)7(14,15)8(16,17)9(18,19)10(20,21)11(22,23)24;/h5,25-26H,1-4H2,(H,27,28,29);/q;+1/p-1. The average molecular weight is 539 g/mol. The number of hydrogen-bond acceptors (Lipinski definition) is 5. The molecule has 0 rings (SSSR count). The van der Waals surface area contributed by atoms with Gasteiger partial charge in [-0.1, -0.05) is 0 Å². The molecule has 0 amide bonds. The molecule has 0 saturated heterocycles. The summed E-state index contributed by atoms with van der Waals surface area (Å²) < 4.78 is 198. The van der Waals surface area contributed by atoms with E-state index in [1.54, 1.807) is 5.32 Å². The minimum Gasteiger partial charge on any atom is -0.748 e. The zero-order chi connectivity index (χ0) is 24.6. The van der Waals surface area contributed by atoms with Gasteiger partial charge in [-0.3, -0.25) is 0 Å². The fourth-order valence-electron chi connectivity index (χ4n) is 1.76. The molecular formula is C11H11F13KNO4S. The molecule has 1 atom stereocenters. The summed E-state index contributed by atoms with van der Waals surface area (Å²) in [6, 6.07) is 0. The van der Waals surface area contributed by atoms with Gasteiger partial charge in [0.05, 0.1) is 22.0 Å². The van der Waals surface area contributed by atoms with Crippen LogP contribution in [0.3, 0.4) is 0 Å². The van der Waals surface area contributed by atoms with Gasteiger partial charge in [0.2, 0.25) is 0 Å². The number of halogens is 13. The topological polar surface area (TPSA) is 89.5 Å². The van der Waals surface area contributed by atoms with Crippen LogP contribution in [0.25, 0.3) is 0 Å². The predicted octanol–water partition coefficient (Wildman–Crippen LogP) is -0.385. The average Bonchev–Trinajstić information content (AvgIpc) is 2.48. The van der Waals surface area contributed by atoms with Crippen LogP contribution < -0.4 is 56.7 Å². The maximum Gasteiger partial charge on any atom is 1.00 e. The van der Waals surface area contributed by atoms with Gasteiger partial charge in [-0.25, -0.2) is 8.42 Å². The Hall–Kier alpha value is 0.556. The Morgan fingerprint density at radius 3 is 1.52 bits per heavy atom. The third-order valence-electron chi connectivity index (χ3n) is 3.40. The molecule has 0 aliphatic heterocycles. The maximum absolute atomic E-state index is 13.4. The predicted molar refractivity (Wildman–Crippen MR) is 68.8 cm³/mol. The Kier molecular flexibility index (Phi) is 11.4. The van der Waals surface area contributed by atoms with E-state index in [0.29, 0.717) is 0 Å². The van der Waals surface area contributed by atoms with Gasteiger partial charge in [-0.15, -0.1) is 0 Å². The molecule has 0 radical (unpaired) electrons. The summed E-state index contributed by atoms with van der Waals surface area (Å²) >= 11 is 0. The molecule has 1 unspecified atom stereocenters. The third kappa shape index (κ3) is 7.27. The molecule has 0 heterocycles. The van der Waals surface area contributed by atoms with Crippen LogP contribution in [0, 0.1) is 0 Å². The van der Waals surface area contributed by atoms with Crippen molar-refractivity contribution in [1.29, 1.82) is 0 Å². The second-order valence-electron chi connectivity index (χ2n) is 5.82. The fourth-order valence-corrected chi connectivity index (χ4v) is 2.16. The Bertz CT molecular complexity index is 698. The van der Waals surface area contributed by atoms with Crippen molar-refractivity contribution in [2.75, 3.05) is 18.8 Å². The van der Waals surface area contributed by atoms with Gasteiger partial charge in [0.25, 0.3) is 0 Å². The first-order valence-corrected chi connectivity index (χ1v) is 8.71. The SMILES string of the molecule is O=S(=O)([O-])CCNCC(O)CC(F)(F)C(F)(F)C(F)(F)C(F)(F)C(F)(F)C(F)(F)F.[K+]. The Labute approximate surface area is 207 Å². The molecule has 31 heavy (non-hydrogen) atoms. The van der Waals surface area contributed by atoms with Crippen molar-refractivity contribution in [2.45, 2.75) is 48.3 Å². The Morgan fingerprint density at radius 2 is 1.16 bits per heavy atom. The molecule has 0 saturated carbocycles. The van der Waals surface area contributed by atoms with E-state index < -0.39 is 77.3 Å². The molecule has 0 bridgehead atoms. The molecule has 5 nitrogen and oxygen atoms in total. The normalized spacial score (nSPS) is 16.1. The smallest absolute Gasteiger partial charge is 0.748 e. The summed E-state index contributed by atoms with van der Waals surface area (Å²) in [7, 11) is -4.85. The second kappa shape index (κ2) is 10.4. The first-order chi connectivity index (χ1) is 12.9. The second-order valence-corrected chi connectivity index (χ2v) is 7.35. The van der Waals surface area contributed by atoms with E-state index in [0.717, 1.165) is 0 Å². The van der Waals surface area contributed by atoms with Crippen LogP contribution >= 0.6 is 0 Å². The zero-order valence-corrected chi connectivity index (χ0v) is 18.8. The molecular weight excluding hydrogens is 528 g/mol. The number of aliphatic hydroxyl groups is 1. The van der Waals surface area contributed by atoms with Gasteiger partial charge in [0, 0.05) is 19.5 Å². The van der Waals surface area contributed by atoms with Crippen LogP contribution in [0.1, 0.15) is 6.42 Å². The van der Waals surface area contributed by atoms with Gasteiger partial charge in [-0.2, -0.15) is 57.1 Å². The molecule has 0 spiro atoms. The van der Waals surface area contributed by atoms with Crippen molar-refractivity contribution in [3.8, 4) is 0 Å². The van der Waals surface area contributed by atoms with Gasteiger partial charge in [0.15, 0.2) is 0 Å². The summed E-state index contributed by atoms with van der Waals surface area (Å²) in [6.45, 7) is -2.17. The largest absolute Gasteiger partial charge is 1.00 e. The molecule has 0 aliphatic rings. The first kappa shape index (κ1) is 33.7. The van der Waals surface area contributed by atoms with Crippen LogP contribution in [-0.4, -0.2) is 78.8 Å². The van der Waals surface area contributed by atoms with Gasteiger partial charge >= 0.3 is 87.2 Å². The molecule has 2 N–H and O–H groups in total. The molecule has 20 heteroatoms. The van der Waals surface area contributed by atoms with Crippen LogP contribution in [0.2, 0.25) is 0 Å². The molecule has 0 aromatic heterocycles. The summed E-state index contributed by atoms with van der Waals surface area (Å²) in [6.07, 6.45) is -13.2. The van der Waals surface area contributed by atoms with Gasteiger partial charge in [-0.05, 0) is 0 Å². The number of hydrogen-bond donors (Lipinski definition) is 2. The van der Waals surface area contributed by atoms with Gasteiger partial charge in [0.1, 0.15) is 0 Å². The van der Waals surface area contributed by atoms with E-state index in [1.165, 1.54) is 0 Å². The Morgan fingerprint density at radius 1 is 0.774 bits per heavy atom. The maximum atomic E-state index is 13.4. The van der Waals surface area contributed by atoms with Crippen molar-refractivity contribution >= 4 is 10.1 Å². The molecule has 182 valence electrons. The summed E-state index contributed by atoms with van der Waals surface area (Å²) in [4.78, 5) is 0. The molecule has 0 aromatic carbocycles. The minimum absolute atomic E-state index is 0. The minimum atomic E-state index is -8.03. The van der Waals surface area contributed by atoms with Crippen LogP contribution in [0.15, 0.2) is 0 Å². The number of alkyl halides is 13. The van der Waals surface area contributed by atoms with Gasteiger partial charge < -0.3 is 15.0 Å². The molecule has 0 aliphatic carbocycles. The van der Waals surface area contributed by atoms with Crippen molar-refractivity contribution < 1.29 is 127 Å². The van der Waals surface area contributed by atoms with E-state index >= 15 is 0 Å². The van der Waals surface area contributed by atoms with E-state index in [9.17, 15) is 70.0 Å². The van der Waals surface area contributed by atoms with Crippen LogP contribution in [0.5, 0.6) is 0 Å². The number of nitrogens with one attached hydrogen (secondary N) is 1. The van der Waals surface area contributed by atoms with E-state index in [2.05, 4.69) is 0 Å². The monoisotopic (exact) mass is 539 g/mol. The Balaban J connectivity index is 0. The van der Waals surface area contributed by atoms with Crippen LogP contribution in [0.4, 0.5) is 57.1 Å².